The molecule has 0 saturated carbocycles. The monoisotopic (exact) mass is 552 g/mol. The fourth-order valence-electron chi connectivity index (χ4n) is 4.37. The van der Waals surface area contributed by atoms with Crippen LogP contribution in [0.3, 0.4) is 0 Å². The fourth-order valence-corrected chi connectivity index (χ4v) is 6.56. The molecule has 198 valence electrons. The van der Waals surface area contributed by atoms with Gasteiger partial charge >= 0.3 is 6.03 Å². The molecule has 12 heteroatoms. The molecule has 0 bridgehead atoms. The molecule has 5 rings (SSSR count). The van der Waals surface area contributed by atoms with Gasteiger partial charge in [-0.05, 0) is 87.5 Å². The highest BCUT2D eigenvalue weighted by atomic mass is 32.2. The minimum Gasteiger partial charge on any atom is -0.384 e. The van der Waals surface area contributed by atoms with E-state index in [9.17, 15) is 18.0 Å². The molecule has 1 fully saturated rings. The summed E-state index contributed by atoms with van der Waals surface area (Å²) in [6.45, 7) is 5.92. The number of fused-ring (bicyclic) bond motifs is 1. The number of aryl methyl sites for hydroxylation is 1. The molecule has 3 heterocycles. The lowest BCUT2D eigenvalue weighted by atomic mass is 10.2. The van der Waals surface area contributed by atoms with Crippen LogP contribution in [0.4, 0.5) is 16.2 Å². The topological polar surface area (TPSA) is 125 Å². The quantitative estimate of drug-likeness (QED) is 0.304. The first kappa shape index (κ1) is 25.9. The highest BCUT2D eigenvalue weighted by Gasteiger charge is 2.19. The number of nitrogens with zero attached hydrogens (tertiary/aromatic N) is 3. The normalized spacial score (nSPS) is 14.0. The second-order valence-corrected chi connectivity index (χ2v) is 12.3. The molecular formula is C26H28N6O4S2. The molecule has 2 aromatic carbocycles. The van der Waals surface area contributed by atoms with Crippen LogP contribution < -0.4 is 20.9 Å². The number of thiophene rings is 1. The van der Waals surface area contributed by atoms with Crippen molar-refractivity contribution >= 4 is 49.7 Å². The molecule has 38 heavy (non-hydrogen) atoms. The van der Waals surface area contributed by atoms with Crippen LogP contribution in [0.2, 0.25) is 0 Å². The number of carbonyl (C=O) groups is 1. The molecule has 0 aliphatic carbocycles. The lowest BCUT2D eigenvalue weighted by Crippen LogP contribution is -2.33. The molecule has 2 aromatic heterocycles. The molecule has 0 atom stereocenters. The maximum absolute atomic E-state index is 13.1. The fraction of sp³-hybridized carbons (Fsp3) is 0.269. The Morgan fingerprint density at radius 2 is 1.76 bits per heavy atom. The van der Waals surface area contributed by atoms with E-state index in [4.69, 9.17) is 0 Å². The van der Waals surface area contributed by atoms with Gasteiger partial charge in [-0.15, -0.1) is 11.3 Å². The predicted molar refractivity (Wildman–Crippen MR) is 150 cm³/mol. The van der Waals surface area contributed by atoms with Gasteiger partial charge < -0.3 is 15.5 Å². The molecule has 0 unspecified atom stereocenters. The lowest BCUT2D eigenvalue weighted by Gasteiger charge is -2.15. The summed E-state index contributed by atoms with van der Waals surface area (Å²) in [6.07, 6.45) is 4.00. The Bertz CT molecular complexity index is 1620. The van der Waals surface area contributed by atoms with Gasteiger partial charge in [-0.1, -0.05) is 0 Å². The minimum atomic E-state index is -3.95. The molecule has 3 N–H and O–H groups in total. The maximum atomic E-state index is 13.1. The van der Waals surface area contributed by atoms with Gasteiger partial charge in [-0.3, -0.25) is 9.36 Å². The number of aromatic nitrogens is 2. The summed E-state index contributed by atoms with van der Waals surface area (Å²) in [4.78, 5) is 33.1. The number of likely N-dealkylation sites (tertiary alicyclic amines) is 1. The molecule has 1 aliphatic rings. The van der Waals surface area contributed by atoms with Gasteiger partial charge in [0.05, 0.1) is 16.6 Å². The van der Waals surface area contributed by atoms with Crippen molar-refractivity contribution in [1.82, 2.24) is 19.2 Å². The minimum absolute atomic E-state index is 0.0636. The number of carbonyl (C=O) groups excluding carboxylic acids is 1. The molecule has 1 aliphatic heterocycles. The van der Waals surface area contributed by atoms with Gasteiger partial charge in [0.25, 0.3) is 15.6 Å². The van der Waals surface area contributed by atoms with Crippen molar-refractivity contribution in [3.05, 3.63) is 76.2 Å². The number of sulfonamides is 1. The zero-order valence-corrected chi connectivity index (χ0v) is 22.4. The van der Waals surface area contributed by atoms with E-state index >= 15 is 0 Å². The summed E-state index contributed by atoms with van der Waals surface area (Å²) in [5.74, 6) is 0. The average molecular weight is 553 g/mol. The predicted octanol–water partition coefficient (Wildman–Crippen LogP) is 3.77. The van der Waals surface area contributed by atoms with Crippen LogP contribution in [0.15, 0.2) is 69.9 Å². The third kappa shape index (κ3) is 5.87. The van der Waals surface area contributed by atoms with Gasteiger partial charge in [-0.25, -0.2) is 22.9 Å². The number of hydrogen-bond donors (Lipinski definition) is 3. The number of urea groups is 1. The first-order valence-electron chi connectivity index (χ1n) is 12.3. The molecular weight excluding hydrogens is 524 g/mol. The van der Waals surface area contributed by atoms with E-state index in [-0.39, 0.29) is 9.77 Å². The van der Waals surface area contributed by atoms with Crippen molar-refractivity contribution in [3.8, 4) is 5.69 Å². The van der Waals surface area contributed by atoms with Crippen LogP contribution in [-0.4, -0.2) is 55.1 Å². The van der Waals surface area contributed by atoms with Crippen LogP contribution in [0, 0.1) is 6.92 Å². The van der Waals surface area contributed by atoms with Crippen molar-refractivity contribution in [2.24, 2.45) is 0 Å². The van der Waals surface area contributed by atoms with Gasteiger partial charge in [-0.2, -0.15) is 0 Å². The van der Waals surface area contributed by atoms with Crippen LogP contribution >= 0.6 is 11.3 Å². The highest BCUT2D eigenvalue weighted by Crippen LogP contribution is 2.21. The number of rotatable bonds is 8. The Balaban J connectivity index is 1.24. The number of anilines is 2. The Labute approximate surface area is 224 Å². The molecule has 4 aromatic rings. The SMILES string of the molecule is Cc1ccc(S(=O)(=O)NC(=O)Nc2ccc(-n3cnc4cc(NCCN5CCCC5)ccc4c3=O)cc2)s1. The maximum Gasteiger partial charge on any atom is 0.333 e. The van der Waals surface area contributed by atoms with Gasteiger partial charge in [0, 0.05) is 29.3 Å². The molecule has 10 nitrogen and oxygen atoms in total. The number of nitrogens with one attached hydrogen (secondary N) is 3. The molecule has 1 saturated heterocycles. The largest absolute Gasteiger partial charge is 0.384 e. The lowest BCUT2D eigenvalue weighted by molar-refractivity contribution is 0.256. The third-order valence-corrected chi connectivity index (χ3v) is 9.15. The van der Waals surface area contributed by atoms with E-state index in [1.54, 1.807) is 43.3 Å². The second kappa shape index (κ2) is 10.9. The standard InChI is InChI=1S/C26H28N6O4S2/c1-18-4-11-24(37-18)38(35,36)30-26(34)29-19-5-8-21(9-6-19)32-17-28-23-16-20(7-10-22(23)25(32)33)27-12-15-31-13-2-3-14-31/h4-11,16-17,27H,2-3,12-15H2,1H3,(H2,29,30,34). The molecule has 0 radical (unpaired) electrons. The van der Waals surface area contributed by atoms with Crippen molar-refractivity contribution in [1.29, 1.82) is 0 Å². The first-order valence-corrected chi connectivity index (χ1v) is 14.6. The highest BCUT2D eigenvalue weighted by molar-refractivity contribution is 7.92. The van der Waals surface area contributed by atoms with E-state index in [0.717, 1.165) is 48.1 Å². The van der Waals surface area contributed by atoms with E-state index in [1.165, 1.54) is 29.8 Å². The van der Waals surface area contributed by atoms with Crippen molar-refractivity contribution in [3.63, 3.8) is 0 Å². The van der Waals surface area contributed by atoms with Crippen LogP contribution in [0.5, 0.6) is 0 Å². The van der Waals surface area contributed by atoms with Crippen LogP contribution in [0.1, 0.15) is 17.7 Å². The van der Waals surface area contributed by atoms with E-state index in [1.807, 2.05) is 16.9 Å². The number of benzene rings is 2. The summed E-state index contributed by atoms with van der Waals surface area (Å²) in [6, 6.07) is 14.2. The number of hydrogen-bond acceptors (Lipinski definition) is 8. The van der Waals surface area contributed by atoms with Crippen molar-refractivity contribution in [2.45, 2.75) is 24.0 Å². The summed E-state index contributed by atoms with van der Waals surface area (Å²) in [7, 11) is -3.95. The van der Waals surface area contributed by atoms with E-state index in [2.05, 4.69) is 20.5 Å². The first-order chi connectivity index (χ1) is 18.3. The van der Waals surface area contributed by atoms with Gasteiger partial charge in [0.1, 0.15) is 10.5 Å². The van der Waals surface area contributed by atoms with Gasteiger partial charge in [0.15, 0.2) is 0 Å². The zero-order valence-electron chi connectivity index (χ0n) is 20.8. The summed E-state index contributed by atoms with van der Waals surface area (Å²) in [5.41, 5.74) is 2.25. The summed E-state index contributed by atoms with van der Waals surface area (Å²) in [5, 5.41) is 6.40. The van der Waals surface area contributed by atoms with E-state index in [0.29, 0.717) is 22.3 Å². The average Bonchev–Trinajstić information content (AvgIpc) is 3.57. The zero-order chi connectivity index (χ0) is 26.7. The molecule has 2 amide bonds. The Morgan fingerprint density at radius 3 is 2.47 bits per heavy atom. The van der Waals surface area contributed by atoms with Crippen molar-refractivity contribution in [2.75, 3.05) is 36.8 Å². The number of amides is 2. The Hall–Kier alpha value is -3.74. The Kier molecular flexibility index (Phi) is 7.45. The Morgan fingerprint density at radius 1 is 1.03 bits per heavy atom. The van der Waals surface area contributed by atoms with E-state index < -0.39 is 16.1 Å². The van der Waals surface area contributed by atoms with Crippen LogP contribution in [-0.2, 0) is 10.0 Å². The molecule has 0 spiro atoms. The van der Waals surface area contributed by atoms with Crippen LogP contribution in [0.25, 0.3) is 16.6 Å². The smallest absolute Gasteiger partial charge is 0.333 e. The second-order valence-electron chi connectivity index (χ2n) is 9.10. The van der Waals surface area contributed by atoms with Gasteiger partial charge in [0.2, 0.25) is 0 Å². The summed E-state index contributed by atoms with van der Waals surface area (Å²) >= 11 is 1.08. The summed E-state index contributed by atoms with van der Waals surface area (Å²) < 4.78 is 28.2. The van der Waals surface area contributed by atoms with Crippen molar-refractivity contribution < 1.29 is 13.2 Å². The third-order valence-electron chi connectivity index (χ3n) is 6.33.